The average Bonchev–Trinajstić information content (AvgIpc) is 2.88. The van der Waals surface area contributed by atoms with Crippen molar-refractivity contribution in [3.63, 3.8) is 0 Å². The number of aromatic nitrogens is 3. The van der Waals surface area contributed by atoms with Crippen LogP contribution in [0.5, 0.6) is 0 Å². The van der Waals surface area contributed by atoms with E-state index in [0.29, 0.717) is 16.9 Å². The van der Waals surface area contributed by atoms with Gasteiger partial charge in [-0.2, -0.15) is 10.4 Å². The molecule has 0 spiro atoms. The van der Waals surface area contributed by atoms with Crippen molar-refractivity contribution in [3.05, 3.63) is 47.8 Å². The lowest BCUT2D eigenvalue weighted by Gasteiger charge is -2.04. The number of anilines is 1. The minimum atomic E-state index is -0.715. The van der Waals surface area contributed by atoms with E-state index in [-0.39, 0.29) is 11.4 Å². The van der Waals surface area contributed by atoms with Crippen molar-refractivity contribution in [1.82, 2.24) is 14.8 Å². The van der Waals surface area contributed by atoms with Gasteiger partial charge in [0.05, 0.1) is 29.0 Å². The Hall–Kier alpha value is -3.40. The molecule has 0 radical (unpaired) electrons. The molecule has 0 aliphatic carbocycles. The van der Waals surface area contributed by atoms with E-state index in [1.807, 2.05) is 18.2 Å². The molecule has 7 nitrogen and oxygen atoms in total. The third kappa shape index (κ3) is 2.04. The number of para-hydroxylation sites is 1. The predicted molar refractivity (Wildman–Crippen MR) is 76.5 cm³/mol. The molecule has 3 rings (SSSR count). The fraction of sp³-hybridized carbons (Fsp3) is 0. The maximum absolute atomic E-state index is 11.2. The van der Waals surface area contributed by atoms with Gasteiger partial charge in [-0.3, -0.25) is 4.79 Å². The number of nitrogens with two attached hydrogens (primary N) is 2. The van der Waals surface area contributed by atoms with Crippen LogP contribution in [0.2, 0.25) is 0 Å². The molecule has 4 N–H and O–H groups in total. The molecule has 3 aromatic rings. The number of amides is 1. The first-order valence-electron chi connectivity index (χ1n) is 6.05. The molecule has 0 atom stereocenters. The van der Waals surface area contributed by atoms with E-state index in [9.17, 15) is 10.1 Å². The number of hydrogen-bond donors (Lipinski definition) is 2. The molecule has 21 heavy (non-hydrogen) atoms. The number of nitrogens with zero attached hydrogens (tertiary/aromatic N) is 4. The summed E-state index contributed by atoms with van der Waals surface area (Å²) in [5.41, 5.74) is 12.1. The standard InChI is InChI=1S/C14H10N6O/c15-6-8-5-12(18-11-4-2-1-3-9(8)11)20-7-10(16)13(19-20)14(17)21/h1-5,7H,16H2,(H2,17,21). The highest BCUT2D eigenvalue weighted by atomic mass is 16.1. The zero-order valence-corrected chi connectivity index (χ0v) is 10.8. The lowest BCUT2D eigenvalue weighted by Crippen LogP contribution is -2.14. The van der Waals surface area contributed by atoms with Crippen molar-refractivity contribution in [1.29, 1.82) is 5.26 Å². The molecule has 7 heteroatoms. The average molecular weight is 278 g/mol. The molecule has 0 fully saturated rings. The first-order valence-corrected chi connectivity index (χ1v) is 6.05. The summed E-state index contributed by atoms with van der Waals surface area (Å²) in [6.07, 6.45) is 1.44. The number of benzene rings is 1. The number of carbonyl (C=O) groups is 1. The number of hydrogen-bond acceptors (Lipinski definition) is 5. The van der Waals surface area contributed by atoms with E-state index >= 15 is 0 Å². The summed E-state index contributed by atoms with van der Waals surface area (Å²) in [6, 6.07) is 11.0. The van der Waals surface area contributed by atoms with E-state index in [0.717, 1.165) is 5.39 Å². The molecular weight excluding hydrogens is 268 g/mol. The van der Waals surface area contributed by atoms with Gasteiger partial charge in [-0.15, -0.1) is 0 Å². The number of rotatable bonds is 2. The van der Waals surface area contributed by atoms with Crippen LogP contribution in [0, 0.1) is 11.3 Å². The van der Waals surface area contributed by atoms with Crippen molar-refractivity contribution in [2.45, 2.75) is 0 Å². The molecule has 0 bridgehead atoms. The highest BCUT2D eigenvalue weighted by Crippen LogP contribution is 2.20. The largest absolute Gasteiger partial charge is 0.396 e. The second-order valence-corrected chi connectivity index (χ2v) is 4.40. The third-order valence-corrected chi connectivity index (χ3v) is 3.03. The maximum atomic E-state index is 11.2. The van der Waals surface area contributed by atoms with Gasteiger partial charge in [0.2, 0.25) is 0 Å². The fourth-order valence-corrected chi connectivity index (χ4v) is 2.07. The molecule has 2 heterocycles. The van der Waals surface area contributed by atoms with Crippen molar-refractivity contribution >= 4 is 22.5 Å². The van der Waals surface area contributed by atoms with Crippen LogP contribution in [0.25, 0.3) is 16.7 Å². The summed E-state index contributed by atoms with van der Waals surface area (Å²) in [6.45, 7) is 0. The van der Waals surface area contributed by atoms with Crippen LogP contribution in [-0.2, 0) is 0 Å². The Morgan fingerprint density at radius 1 is 1.33 bits per heavy atom. The van der Waals surface area contributed by atoms with Crippen molar-refractivity contribution in [3.8, 4) is 11.9 Å². The maximum Gasteiger partial charge on any atom is 0.271 e. The van der Waals surface area contributed by atoms with Crippen molar-refractivity contribution in [2.75, 3.05) is 5.73 Å². The first kappa shape index (κ1) is 12.6. The quantitative estimate of drug-likeness (QED) is 0.722. The number of carbonyl (C=O) groups excluding carboxylic acids is 1. The molecule has 0 saturated carbocycles. The van der Waals surface area contributed by atoms with Gasteiger partial charge >= 0.3 is 0 Å². The highest BCUT2D eigenvalue weighted by molar-refractivity contribution is 5.95. The second kappa shape index (κ2) is 4.61. The Balaban J connectivity index is 2.24. The van der Waals surface area contributed by atoms with Crippen molar-refractivity contribution in [2.24, 2.45) is 5.73 Å². The number of primary amides is 1. The van der Waals surface area contributed by atoms with Crippen LogP contribution in [-0.4, -0.2) is 20.7 Å². The van der Waals surface area contributed by atoms with Gasteiger partial charge in [-0.05, 0) is 6.07 Å². The second-order valence-electron chi connectivity index (χ2n) is 4.40. The van der Waals surface area contributed by atoms with Crippen LogP contribution in [0.15, 0.2) is 36.5 Å². The molecule has 102 valence electrons. The summed E-state index contributed by atoms with van der Waals surface area (Å²) in [5.74, 6) is -0.322. The van der Waals surface area contributed by atoms with Crippen LogP contribution in [0.1, 0.15) is 16.1 Å². The lowest BCUT2D eigenvalue weighted by molar-refractivity contribution is 0.0996. The Kier molecular flexibility index (Phi) is 2.77. The summed E-state index contributed by atoms with van der Waals surface area (Å²) < 4.78 is 1.34. The van der Waals surface area contributed by atoms with Gasteiger partial charge in [-0.25, -0.2) is 9.67 Å². The van der Waals surface area contributed by atoms with Gasteiger partial charge < -0.3 is 11.5 Å². The number of fused-ring (bicyclic) bond motifs is 1. The zero-order valence-electron chi connectivity index (χ0n) is 10.8. The van der Waals surface area contributed by atoms with Gasteiger partial charge in [0.15, 0.2) is 11.5 Å². The monoisotopic (exact) mass is 278 g/mol. The molecule has 0 aliphatic heterocycles. The van der Waals surface area contributed by atoms with Crippen molar-refractivity contribution < 1.29 is 4.79 Å². The molecule has 0 unspecified atom stereocenters. The van der Waals surface area contributed by atoms with Gasteiger partial charge in [0.1, 0.15) is 0 Å². The smallest absolute Gasteiger partial charge is 0.271 e. The van der Waals surface area contributed by atoms with Gasteiger partial charge in [-0.1, -0.05) is 18.2 Å². The summed E-state index contributed by atoms with van der Waals surface area (Å²) >= 11 is 0. The Labute approximate surface area is 119 Å². The zero-order chi connectivity index (χ0) is 15.0. The summed E-state index contributed by atoms with van der Waals surface area (Å²) in [5, 5.41) is 14.0. The highest BCUT2D eigenvalue weighted by Gasteiger charge is 2.14. The van der Waals surface area contributed by atoms with E-state index < -0.39 is 5.91 Å². The van der Waals surface area contributed by atoms with Crippen LogP contribution < -0.4 is 11.5 Å². The summed E-state index contributed by atoms with van der Waals surface area (Å²) in [4.78, 5) is 15.6. The van der Waals surface area contributed by atoms with E-state index in [1.165, 1.54) is 10.9 Å². The molecule has 1 aromatic carbocycles. The van der Waals surface area contributed by atoms with E-state index in [4.69, 9.17) is 11.5 Å². The normalized spacial score (nSPS) is 10.4. The van der Waals surface area contributed by atoms with Crippen LogP contribution >= 0.6 is 0 Å². The lowest BCUT2D eigenvalue weighted by atomic mass is 10.1. The topological polar surface area (TPSA) is 124 Å². The number of pyridine rings is 1. The molecule has 1 amide bonds. The number of nitrogen functional groups attached to an aromatic ring is 1. The van der Waals surface area contributed by atoms with Crippen LogP contribution in [0.4, 0.5) is 5.69 Å². The van der Waals surface area contributed by atoms with Gasteiger partial charge in [0, 0.05) is 11.5 Å². The Morgan fingerprint density at radius 2 is 2.10 bits per heavy atom. The summed E-state index contributed by atoms with van der Waals surface area (Å²) in [7, 11) is 0. The molecule has 2 aromatic heterocycles. The number of nitriles is 1. The fourth-order valence-electron chi connectivity index (χ4n) is 2.07. The molecule has 0 aliphatic rings. The Bertz CT molecular complexity index is 905. The van der Waals surface area contributed by atoms with E-state index in [2.05, 4.69) is 16.2 Å². The van der Waals surface area contributed by atoms with Crippen LogP contribution in [0.3, 0.4) is 0 Å². The molecular formula is C14H10N6O. The third-order valence-electron chi connectivity index (χ3n) is 3.03. The van der Waals surface area contributed by atoms with E-state index in [1.54, 1.807) is 12.1 Å². The first-order chi connectivity index (χ1) is 10.1. The SMILES string of the molecule is N#Cc1cc(-n2cc(N)c(C(N)=O)n2)nc2ccccc12. The minimum Gasteiger partial charge on any atom is -0.396 e. The molecule has 0 saturated heterocycles. The van der Waals surface area contributed by atoms with Gasteiger partial charge in [0.25, 0.3) is 5.91 Å². The Morgan fingerprint density at radius 3 is 2.76 bits per heavy atom. The minimum absolute atomic E-state index is 0.0246. The predicted octanol–water partition coefficient (Wildman–Crippen LogP) is 0.973.